The van der Waals surface area contributed by atoms with Gasteiger partial charge in [-0.15, -0.1) is 0 Å². The van der Waals surface area contributed by atoms with Crippen molar-refractivity contribution in [3.8, 4) is 0 Å². The van der Waals surface area contributed by atoms with Gasteiger partial charge >= 0.3 is 5.97 Å². The first-order valence-corrected chi connectivity index (χ1v) is 5.94. The van der Waals surface area contributed by atoms with Crippen LogP contribution in [0.3, 0.4) is 0 Å². The Bertz CT molecular complexity index is 248. The summed E-state index contributed by atoms with van der Waals surface area (Å²) in [6, 6.07) is -0.652. The Morgan fingerprint density at radius 2 is 1.94 bits per heavy atom. The van der Waals surface area contributed by atoms with E-state index in [9.17, 15) is 9.59 Å². The predicted octanol–water partition coefficient (Wildman–Crippen LogP) is 1.40. The number of hydrogen-bond acceptors (Lipinski definition) is 4. The Morgan fingerprint density at radius 1 is 1.38 bits per heavy atom. The van der Waals surface area contributed by atoms with Gasteiger partial charge in [0.25, 0.3) is 0 Å². The maximum absolute atomic E-state index is 11.5. The Hall–Kier alpha value is -0.710. The lowest BCUT2D eigenvalue weighted by Crippen LogP contribution is -2.42. The standard InChI is InChI=1S/C11H21NO3S/c1-8(13)12-9(7-16)10(14)15-6-5-11(2,3)4/h9,16H,5-7H2,1-4H3,(H,12,13)/t9-/m0/s1. The third-order valence-electron chi connectivity index (χ3n) is 1.94. The molecule has 0 fully saturated rings. The van der Waals surface area contributed by atoms with Crippen molar-refractivity contribution in [2.75, 3.05) is 12.4 Å². The summed E-state index contributed by atoms with van der Waals surface area (Å²) in [5.41, 5.74) is 0.130. The molecule has 1 N–H and O–H groups in total. The van der Waals surface area contributed by atoms with E-state index in [2.05, 4.69) is 38.7 Å². The summed E-state index contributed by atoms with van der Waals surface area (Å²) in [6.45, 7) is 7.95. The van der Waals surface area contributed by atoms with Crippen molar-refractivity contribution in [1.82, 2.24) is 5.32 Å². The third kappa shape index (κ3) is 7.56. The molecule has 0 aliphatic heterocycles. The summed E-state index contributed by atoms with van der Waals surface area (Å²) < 4.78 is 5.07. The van der Waals surface area contributed by atoms with Gasteiger partial charge in [0, 0.05) is 12.7 Å². The van der Waals surface area contributed by atoms with Crippen LogP contribution in [-0.4, -0.2) is 30.3 Å². The van der Waals surface area contributed by atoms with Gasteiger partial charge in [-0.1, -0.05) is 20.8 Å². The number of esters is 1. The first kappa shape index (κ1) is 15.3. The topological polar surface area (TPSA) is 55.4 Å². The van der Waals surface area contributed by atoms with E-state index < -0.39 is 12.0 Å². The normalized spacial score (nSPS) is 13.1. The van der Waals surface area contributed by atoms with Gasteiger partial charge in [-0.2, -0.15) is 12.6 Å². The van der Waals surface area contributed by atoms with Gasteiger partial charge in [0.1, 0.15) is 6.04 Å². The zero-order chi connectivity index (χ0) is 12.8. The van der Waals surface area contributed by atoms with Crippen molar-refractivity contribution in [1.29, 1.82) is 0 Å². The molecule has 0 aromatic rings. The van der Waals surface area contributed by atoms with Crippen molar-refractivity contribution in [3.63, 3.8) is 0 Å². The summed E-state index contributed by atoms with van der Waals surface area (Å²) in [5.74, 6) is -0.435. The molecule has 0 heterocycles. The van der Waals surface area contributed by atoms with E-state index in [0.29, 0.717) is 6.61 Å². The molecule has 0 bridgehead atoms. The molecule has 0 saturated heterocycles. The molecule has 1 atom stereocenters. The second kappa shape index (κ2) is 6.78. The molecule has 0 saturated carbocycles. The van der Waals surface area contributed by atoms with Gasteiger partial charge in [-0.3, -0.25) is 4.79 Å². The van der Waals surface area contributed by atoms with Crippen LogP contribution in [0.25, 0.3) is 0 Å². The molecule has 4 nitrogen and oxygen atoms in total. The van der Waals surface area contributed by atoms with Crippen LogP contribution in [0.15, 0.2) is 0 Å². The van der Waals surface area contributed by atoms with E-state index >= 15 is 0 Å². The Kier molecular flexibility index (Phi) is 6.48. The zero-order valence-electron chi connectivity index (χ0n) is 10.4. The van der Waals surface area contributed by atoms with Crippen molar-refractivity contribution in [3.05, 3.63) is 0 Å². The lowest BCUT2D eigenvalue weighted by Gasteiger charge is -2.19. The fourth-order valence-corrected chi connectivity index (χ4v) is 1.22. The average Bonchev–Trinajstić information content (AvgIpc) is 2.11. The van der Waals surface area contributed by atoms with Gasteiger partial charge < -0.3 is 10.1 Å². The van der Waals surface area contributed by atoms with Gasteiger partial charge in [0.05, 0.1) is 6.61 Å². The molecule has 0 aromatic carbocycles. The second-order valence-corrected chi connectivity index (χ2v) is 5.28. The van der Waals surface area contributed by atoms with Crippen LogP contribution in [0.1, 0.15) is 34.1 Å². The van der Waals surface area contributed by atoms with Crippen LogP contribution < -0.4 is 5.32 Å². The molecule has 5 heteroatoms. The fraction of sp³-hybridized carbons (Fsp3) is 0.818. The first-order valence-electron chi connectivity index (χ1n) is 5.31. The Labute approximate surface area is 103 Å². The predicted molar refractivity (Wildman–Crippen MR) is 66.5 cm³/mol. The number of carbonyl (C=O) groups is 2. The number of thiol groups is 1. The molecular weight excluding hydrogens is 226 g/mol. The van der Waals surface area contributed by atoms with E-state index in [1.807, 2.05) is 0 Å². The van der Waals surface area contributed by atoms with Gasteiger partial charge in [-0.25, -0.2) is 4.79 Å². The first-order chi connectivity index (χ1) is 7.26. The quantitative estimate of drug-likeness (QED) is 0.570. The molecule has 0 aromatic heterocycles. The Morgan fingerprint density at radius 3 is 2.31 bits per heavy atom. The molecule has 0 radical (unpaired) electrons. The molecule has 0 rings (SSSR count). The molecule has 0 aliphatic rings. The van der Waals surface area contributed by atoms with Crippen LogP contribution in [-0.2, 0) is 14.3 Å². The van der Waals surface area contributed by atoms with Crippen LogP contribution in [0.2, 0.25) is 0 Å². The van der Waals surface area contributed by atoms with Crippen molar-refractivity contribution < 1.29 is 14.3 Å². The fourth-order valence-electron chi connectivity index (χ4n) is 0.983. The molecule has 1 amide bonds. The van der Waals surface area contributed by atoms with E-state index in [1.54, 1.807) is 0 Å². The highest BCUT2D eigenvalue weighted by Gasteiger charge is 2.20. The highest BCUT2D eigenvalue weighted by atomic mass is 32.1. The molecule has 0 aliphatic carbocycles. The zero-order valence-corrected chi connectivity index (χ0v) is 11.3. The minimum atomic E-state index is -0.652. The lowest BCUT2D eigenvalue weighted by molar-refractivity contribution is -0.147. The maximum atomic E-state index is 11.5. The molecule has 16 heavy (non-hydrogen) atoms. The van der Waals surface area contributed by atoms with Crippen molar-refractivity contribution >= 4 is 24.5 Å². The molecule has 0 spiro atoms. The third-order valence-corrected chi connectivity index (χ3v) is 2.31. The van der Waals surface area contributed by atoms with Gasteiger partial charge in [0.2, 0.25) is 5.91 Å². The summed E-state index contributed by atoms with van der Waals surface area (Å²) in [4.78, 5) is 22.3. The lowest BCUT2D eigenvalue weighted by atomic mass is 9.93. The average molecular weight is 247 g/mol. The van der Waals surface area contributed by atoms with Crippen molar-refractivity contribution in [2.45, 2.75) is 40.2 Å². The number of ether oxygens (including phenoxy) is 1. The Balaban J connectivity index is 3.98. The van der Waals surface area contributed by atoms with Gasteiger partial charge in [-0.05, 0) is 11.8 Å². The number of rotatable bonds is 5. The summed E-state index contributed by atoms with van der Waals surface area (Å²) >= 11 is 3.99. The largest absolute Gasteiger partial charge is 0.464 e. The number of nitrogens with one attached hydrogen (secondary N) is 1. The van der Waals surface area contributed by atoms with E-state index in [4.69, 9.17) is 4.74 Å². The minimum absolute atomic E-state index is 0.130. The van der Waals surface area contributed by atoms with Crippen LogP contribution >= 0.6 is 12.6 Å². The molecule has 0 unspecified atom stereocenters. The monoisotopic (exact) mass is 247 g/mol. The summed E-state index contributed by atoms with van der Waals surface area (Å²) in [6.07, 6.45) is 0.790. The van der Waals surface area contributed by atoms with E-state index in [-0.39, 0.29) is 17.1 Å². The summed E-state index contributed by atoms with van der Waals surface area (Å²) in [7, 11) is 0. The van der Waals surface area contributed by atoms with Gasteiger partial charge in [0.15, 0.2) is 0 Å². The van der Waals surface area contributed by atoms with Crippen LogP contribution in [0, 0.1) is 5.41 Å². The highest BCUT2D eigenvalue weighted by molar-refractivity contribution is 7.80. The number of carbonyl (C=O) groups excluding carboxylic acids is 2. The van der Waals surface area contributed by atoms with Crippen molar-refractivity contribution in [2.24, 2.45) is 5.41 Å². The number of hydrogen-bond donors (Lipinski definition) is 2. The maximum Gasteiger partial charge on any atom is 0.329 e. The summed E-state index contributed by atoms with van der Waals surface area (Å²) in [5, 5.41) is 2.49. The second-order valence-electron chi connectivity index (χ2n) is 4.91. The van der Waals surface area contributed by atoms with Crippen LogP contribution in [0.4, 0.5) is 0 Å². The smallest absolute Gasteiger partial charge is 0.329 e. The van der Waals surface area contributed by atoms with E-state index in [1.165, 1.54) is 6.92 Å². The number of amides is 1. The SMILES string of the molecule is CC(=O)N[C@@H](CS)C(=O)OCCC(C)(C)C. The molecular formula is C11H21NO3S. The minimum Gasteiger partial charge on any atom is -0.464 e. The van der Waals surface area contributed by atoms with E-state index in [0.717, 1.165) is 6.42 Å². The highest BCUT2D eigenvalue weighted by Crippen LogP contribution is 2.17. The van der Waals surface area contributed by atoms with Crippen LogP contribution in [0.5, 0.6) is 0 Å². The molecule has 94 valence electrons.